The van der Waals surface area contributed by atoms with Gasteiger partial charge in [-0.3, -0.25) is 4.79 Å². The molecule has 0 atom stereocenters. The summed E-state index contributed by atoms with van der Waals surface area (Å²) in [6.45, 7) is 4.21. The lowest BCUT2D eigenvalue weighted by atomic mass is 10.3. The minimum absolute atomic E-state index is 0.296. The highest BCUT2D eigenvalue weighted by Crippen LogP contribution is 2.27. The summed E-state index contributed by atoms with van der Waals surface area (Å²) in [6, 6.07) is 0. The largest absolute Gasteiger partial charge is 0.481 e. The molecule has 0 aliphatic rings. The molecule has 0 radical (unpaired) electrons. The molecular formula is C8H16O2S2. The molecule has 0 amide bonds. The summed E-state index contributed by atoms with van der Waals surface area (Å²) in [7, 11) is 0. The van der Waals surface area contributed by atoms with Crippen LogP contribution in [0.1, 0.15) is 26.7 Å². The average molecular weight is 208 g/mol. The van der Waals surface area contributed by atoms with Crippen LogP contribution in [0.5, 0.6) is 0 Å². The van der Waals surface area contributed by atoms with Crippen molar-refractivity contribution in [2.45, 2.75) is 31.3 Å². The van der Waals surface area contributed by atoms with Crippen molar-refractivity contribution in [3.05, 3.63) is 0 Å². The number of hydrogen-bond donors (Lipinski definition) is 1. The Balaban J connectivity index is 3.54. The highest BCUT2D eigenvalue weighted by Gasteiger charge is 2.09. The summed E-state index contributed by atoms with van der Waals surface area (Å²) in [6.07, 6.45) is 1.08. The van der Waals surface area contributed by atoms with Gasteiger partial charge in [0.05, 0.1) is 4.58 Å². The van der Waals surface area contributed by atoms with Gasteiger partial charge in [-0.05, 0) is 17.9 Å². The van der Waals surface area contributed by atoms with E-state index >= 15 is 0 Å². The van der Waals surface area contributed by atoms with E-state index in [2.05, 4.69) is 13.8 Å². The monoisotopic (exact) mass is 208 g/mol. The molecule has 0 heterocycles. The number of rotatable bonds is 7. The zero-order chi connectivity index (χ0) is 9.40. The van der Waals surface area contributed by atoms with Crippen LogP contribution < -0.4 is 0 Å². The first-order chi connectivity index (χ1) is 5.70. The zero-order valence-electron chi connectivity index (χ0n) is 7.58. The number of carbonyl (C=O) groups is 1. The Morgan fingerprint density at radius 1 is 1.33 bits per heavy atom. The highest BCUT2D eigenvalue weighted by molar-refractivity contribution is 8.16. The van der Waals surface area contributed by atoms with Crippen molar-refractivity contribution >= 4 is 29.5 Å². The predicted octanol–water partition coefficient (Wildman–Crippen LogP) is 2.68. The number of thioether (sulfide) groups is 2. The van der Waals surface area contributed by atoms with Crippen LogP contribution >= 0.6 is 23.5 Å². The molecule has 0 rings (SSSR count). The van der Waals surface area contributed by atoms with E-state index in [1.807, 2.05) is 23.5 Å². The third-order valence-electron chi connectivity index (χ3n) is 1.30. The van der Waals surface area contributed by atoms with Gasteiger partial charge in [-0.2, -0.15) is 0 Å². The molecule has 0 saturated heterocycles. The molecule has 72 valence electrons. The van der Waals surface area contributed by atoms with Crippen molar-refractivity contribution in [3.8, 4) is 0 Å². The zero-order valence-corrected chi connectivity index (χ0v) is 9.21. The first kappa shape index (κ1) is 12.2. The normalized spacial score (nSPS) is 10.6. The fraction of sp³-hybridized carbons (Fsp3) is 0.875. The smallest absolute Gasteiger partial charge is 0.303 e. The standard InChI is InChI=1S/C8H16O2S2/c1-3-11-8(12-4-2)6-5-7(9)10/h8H,3-6H2,1-2H3,(H,9,10). The molecule has 0 spiro atoms. The van der Waals surface area contributed by atoms with Crippen LogP contribution in [0.25, 0.3) is 0 Å². The van der Waals surface area contributed by atoms with Crippen LogP contribution in [0, 0.1) is 0 Å². The lowest BCUT2D eigenvalue weighted by molar-refractivity contribution is -0.137. The van der Waals surface area contributed by atoms with Gasteiger partial charge in [0.25, 0.3) is 0 Å². The first-order valence-corrected chi connectivity index (χ1v) is 6.25. The molecule has 0 fully saturated rings. The van der Waals surface area contributed by atoms with Crippen molar-refractivity contribution in [1.82, 2.24) is 0 Å². The van der Waals surface area contributed by atoms with Crippen LogP contribution in [0.15, 0.2) is 0 Å². The fourth-order valence-electron chi connectivity index (χ4n) is 0.828. The summed E-state index contributed by atoms with van der Waals surface area (Å²) in [5, 5.41) is 8.48. The van der Waals surface area contributed by atoms with Crippen LogP contribution in [0.4, 0.5) is 0 Å². The maximum Gasteiger partial charge on any atom is 0.303 e. The van der Waals surface area contributed by atoms with Crippen molar-refractivity contribution < 1.29 is 9.90 Å². The van der Waals surface area contributed by atoms with E-state index in [9.17, 15) is 4.79 Å². The molecule has 0 aromatic carbocycles. The van der Waals surface area contributed by atoms with Crippen molar-refractivity contribution in [3.63, 3.8) is 0 Å². The lowest BCUT2D eigenvalue weighted by Gasteiger charge is -2.12. The Bertz CT molecular complexity index is 122. The summed E-state index contributed by atoms with van der Waals surface area (Å²) < 4.78 is 0.469. The molecule has 0 aliphatic heterocycles. The molecule has 0 bridgehead atoms. The van der Waals surface area contributed by atoms with Gasteiger partial charge in [0.15, 0.2) is 0 Å². The molecule has 0 aromatic rings. The van der Waals surface area contributed by atoms with E-state index in [0.717, 1.165) is 17.9 Å². The van der Waals surface area contributed by atoms with Gasteiger partial charge < -0.3 is 5.11 Å². The Hall–Kier alpha value is 0.170. The van der Waals surface area contributed by atoms with E-state index in [0.29, 0.717) is 11.0 Å². The molecule has 0 unspecified atom stereocenters. The number of carboxylic acid groups (broad SMARTS) is 1. The summed E-state index contributed by atoms with van der Waals surface area (Å²) in [4.78, 5) is 10.3. The molecule has 1 N–H and O–H groups in total. The Morgan fingerprint density at radius 3 is 2.17 bits per heavy atom. The highest BCUT2D eigenvalue weighted by atomic mass is 32.2. The van der Waals surface area contributed by atoms with Gasteiger partial charge in [0, 0.05) is 6.42 Å². The van der Waals surface area contributed by atoms with Crippen LogP contribution in [-0.4, -0.2) is 27.2 Å². The summed E-state index contributed by atoms with van der Waals surface area (Å²) in [5.74, 6) is 1.45. The maximum atomic E-state index is 10.3. The third-order valence-corrected chi connectivity index (χ3v) is 4.00. The second kappa shape index (κ2) is 7.80. The second-order valence-electron chi connectivity index (χ2n) is 2.27. The van der Waals surface area contributed by atoms with E-state index < -0.39 is 5.97 Å². The first-order valence-electron chi connectivity index (χ1n) is 4.15. The van der Waals surface area contributed by atoms with E-state index in [1.165, 1.54) is 0 Å². The van der Waals surface area contributed by atoms with Crippen molar-refractivity contribution in [2.75, 3.05) is 11.5 Å². The number of aliphatic carboxylic acids is 1. The third kappa shape index (κ3) is 6.85. The van der Waals surface area contributed by atoms with E-state index in [1.54, 1.807) is 0 Å². The Labute approximate surface area is 82.5 Å². The SMILES string of the molecule is CCSC(CCC(=O)O)SCC. The van der Waals surface area contributed by atoms with E-state index in [4.69, 9.17) is 5.11 Å². The molecular weight excluding hydrogens is 192 g/mol. The van der Waals surface area contributed by atoms with Gasteiger partial charge >= 0.3 is 5.97 Å². The van der Waals surface area contributed by atoms with Crippen LogP contribution in [0.2, 0.25) is 0 Å². The molecule has 2 nitrogen and oxygen atoms in total. The Kier molecular flexibility index (Phi) is 7.91. The second-order valence-corrected chi connectivity index (χ2v) is 5.53. The van der Waals surface area contributed by atoms with Gasteiger partial charge in [-0.25, -0.2) is 0 Å². The molecule has 4 heteroatoms. The lowest BCUT2D eigenvalue weighted by Crippen LogP contribution is -2.03. The van der Waals surface area contributed by atoms with Gasteiger partial charge in [-0.15, -0.1) is 23.5 Å². The van der Waals surface area contributed by atoms with Gasteiger partial charge in [-0.1, -0.05) is 13.8 Å². The summed E-state index contributed by atoms with van der Waals surface area (Å²) in [5.41, 5.74) is 0. The predicted molar refractivity (Wildman–Crippen MR) is 56.9 cm³/mol. The van der Waals surface area contributed by atoms with Crippen molar-refractivity contribution in [1.29, 1.82) is 0 Å². The summed E-state index contributed by atoms with van der Waals surface area (Å²) >= 11 is 3.69. The molecule has 0 saturated carbocycles. The average Bonchev–Trinajstić information content (AvgIpc) is 2.01. The molecule has 0 aliphatic carbocycles. The topological polar surface area (TPSA) is 37.3 Å². The van der Waals surface area contributed by atoms with Crippen molar-refractivity contribution in [2.24, 2.45) is 0 Å². The quantitative estimate of drug-likeness (QED) is 0.653. The fourth-order valence-corrected chi connectivity index (χ4v) is 3.34. The van der Waals surface area contributed by atoms with E-state index in [-0.39, 0.29) is 0 Å². The molecule has 0 aromatic heterocycles. The minimum Gasteiger partial charge on any atom is -0.481 e. The number of hydrogen-bond acceptors (Lipinski definition) is 3. The van der Waals surface area contributed by atoms with Crippen LogP contribution in [-0.2, 0) is 4.79 Å². The Morgan fingerprint density at radius 2 is 1.83 bits per heavy atom. The van der Waals surface area contributed by atoms with Gasteiger partial charge in [0.2, 0.25) is 0 Å². The molecule has 12 heavy (non-hydrogen) atoms. The van der Waals surface area contributed by atoms with Gasteiger partial charge in [0.1, 0.15) is 0 Å². The number of carboxylic acids is 1. The maximum absolute atomic E-state index is 10.3. The minimum atomic E-state index is -0.687. The van der Waals surface area contributed by atoms with Crippen LogP contribution in [0.3, 0.4) is 0 Å².